The predicted molar refractivity (Wildman–Crippen MR) is 120 cm³/mol. The Bertz CT molecular complexity index is 1160. The molecule has 3 aromatic rings. The summed E-state index contributed by atoms with van der Waals surface area (Å²) < 4.78 is 40.7. The van der Waals surface area contributed by atoms with Crippen molar-refractivity contribution in [2.24, 2.45) is 0 Å². The van der Waals surface area contributed by atoms with Gasteiger partial charge >= 0.3 is 0 Å². The number of halogens is 3. The van der Waals surface area contributed by atoms with Gasteiger partial charge in [-0.25, -0.2) is 18.2 Å². The molecule has 33 heavy (non-hydrogen) atoms. The topological polar surface area (TPSA) is 65.5 Å². The van der Waals surface area contributed by atoms with Crippen LogP contribution in [0.5, 0.6) is 0 Å². The van der Waals surface area contributed by atoms with Crippen LogP contribution < -0.4 is 10.2 Å². The quantitative estimate of drug-likeness (QED) is 0.565. The lowest BCUT2D eigenvalue weighted by Crippen LogP contribution is -2.32. The maximum absolute atomic E-state index is 13.8. The van der Waals surface area contributed by atoms with E-state index < -0.39 is 24.4 Å². The second kappa shape index (κ2) is 9.62. The van der Waals surface area contributed by atoms with Crippen LogP contribution in [0.2, 0.25) is 0 Å². The standard InChI is InChI=1S/C25H24F3N3O2/c1-15-9-17(11-21(27)24(15)28)10-16-5-7-29-23(12-16)31-8-6-19-20(3-2-4-22(19)31)25(33)30-13-18(26)14-32/h2-5,7,9,11-12,18,32H,6,8,10,13-14H2,1H3,(H,30,33)/t18-/m1/s1. The molecule has 172 valence electrons. The normalized spacial score (nSPS) is 13.7. The zero-order valence-corrected chi connectivity index (χ0v) is 18.1. The molecule has 1 amide bonds. The molecule has 2 aromatic carbocycles. The van der Waals surface area contributed by atoms with Crippen molar-refractivity contribution < 1.29 is 23.1 Å². The molecule has 2 heterocycles. The summed E-state index contributed by atoms with van der Waals surface area (Å²) in [5, 5.41) is 11.3. The number of benzene rings is 2. The lowest BCUT2D eigenvalue weighted by Gasteiger charge is -2.19. The van der Waals surface area contributed by atoms with E-state index in [0.29, 0.717) is 36.3 Å². The third kappa shape index (κ3) is 4.85. The van der Waals surface area contributed by atoms with Crippen LogP contribution >= 0.6 is 0 Å². The van der Waals surface area contributed by atoms with Crippen molar-refractivity contribution in [3.63, 3.8) is 0 Å². The number of amides is 1. The molecule has 1 aliphatic heterocycles. The Morgan fingerprint density at radius 2 is 2.03 bits per heavy atom. The fourth-order valence-electron chi connectivity index (χ4n) is 4.10. The first-order valence-corrected chi connectivity index (χ1v) is 10.7. The molecule has 0 radical (unpaired) electrons. The molecule has 0 spiro atoms. The highest BCUT2D eigenvalue weighted by Gasteiger charge is 2.26. The number of rotatable bonds is 7. The summed E-state index contributed by atoms with van der Waals surface area (Å²) in [5.41, 5.74) is 3.97. The van der Waals surface area contributed by atoms with Gasteiger partial charge < -0.3 is 15.3 Å². The molecule has 0 fully saturated rings. The summed E-state index contributed by atoms with van der Waals surface area (Å²) in [6.45, 7) is 1.25. The Kier molecular flexibility index (Phi) is 6.65. The predicted octanol–water partition coefficient (Wildman–Crippen LogP) is 4.01. The summed E-state index contributed by atoms with van der Waals surface area (Å²) in [4.78, 5) is 19.0. The minimum absolute atomic E-state index is 0.254. The fraction of sp³-hybridized carbons (Fsp3) is 0.280. The van der Waals surface area contributed by atoms with Crippen LogP contribution in [0.25, 0.3) is 0 Å². The molecular formula is C25H24F3N3O2. The highest BCUT2D eigenvalue weighted by Crippen LogP contribution is 2.36. The molecule has 1 atom stereocenters. The number of hydrogen-bond acceptors (Lipinski definition) is 4. The Morgan fingerprint density at radius 1 is 1.21 bits per heavy atom. The third-order valence-electron chi connectivity index (χ3n) is 5.72. The number of anilines is 2. The summed E-state index contributed by atoms with van der Waals surface area (Å²) in [7, 11) is 0. The Morgan fingerprint density at radius 3 is 2.79 bits per heavy atom. The van der Waals surface area contributed by atoms with E-state index in [-0.39, 0.29) is 18.0 Å². The molecule has 2 N–H and O–H groups in total. The molecule has 4 rings (SSSR count). The Hall–Kier alpha value is -3.39. The van der Waals surface area contributed by atoms with Crippen molar-refractivity contribution in [1.29, 1.82) is 0 Å². The highest BCUT2D eigenvalue weighted by molar-refractivity contribution is 5.98. The molecule has 5 nitrogen and oxygen atoms in total. The van der Waals surface area contributed by atoms with E-state index >= 15 is 0 Å². The number of fused-ring (bicyclic) bond motifs is 1. The van der Waals surface area contributed by atoms with E-state index in [1.807, 2.05) is 23.1 Å². The van der Waals surface area contributed by atoms with Crippen molar-refractivity contribution >= 4 is 17.4 Å². The zero-order chi connectivity index (χ0) is 23.5. The number of nitrogens with one attached hydrogen (secondary N) is 1. The second-order valence-corrected chi connectivity index (χ2v) is 8.10. The Balaban J connectivity index is 1.56. The summed E-state index contributed by atoms with van der Waals surface area (Å²) in [6.07, 6.45) is 1.20. The van der Waals surface area contributed by atoms with Crippen molar-refractivity contribution in [2.75, 3.05) is 24.6 Å². The van der Waals surface area contributed by atoms with Gasteiger partial charge in [0.2, 0.25) is 0 Å². The van der Waals surface area contributed by atoms with Crippen molar-refractivity contribution in [3.05, 3.63) is 88.1 Å². The number of aliphatic hydroxyl groups is 1. The maximum Gasteiger partial charge on any atom is 0.251 e. The number of aryl methyl sites for hydroxylation is 1. The third-order valence-corrected chi connectivity index (χ3v) is 5.72. The van der Waals surface area contributed by atoms with Crippen LogP contribution in [-0.4, -0.2) is 41.9 Å². The van der Waals surface area contributed by atoms with E-state index in [4.69, 9.17) is 5.11 Å². The van der Waals surface area contributed by atoms with Gasteiger partial charge in [-0.3, -0.25) is 4.79 Å². The van der Waals surface area contributed by atoms with Crippen LogP contribution in [0.15, 0.2) is 48.7 Å². The lowest BCUT2D eigenvalue weighted by molar-refractivity contribution is 0.0927. The summed E-state index contributed by atoms with van der Waals surface area (Å²) in [6, 6.07) is 11.9. The van der Waals surface area contributed by atoms with Gasteiger partial charge in [0.05, 0.1) is 13.2 Å². The molecule has 1 aliphatic rings. The van der Waals surface area contributed by atoms with Gasteiger partial charge in [-0.15, -0.1) is 0 Å². The molecule has 0 saturated heterocycles. The first kappa shape index (κ1) is 22.8. The van der Waals surface area contributed by atoms with E-state index in [1.165, 1.54) is 13.0 Å². The number of alkyl halides is 1. The second-order valence-electron chi connectivity index (χ2n) is 8.10. The summed E-state index contributed by atoms with van der Waals surface area (Å²) in [5.74, 6) is -1.40. The number of aromatic nitrogens is 1. The monoisotopic (exact) mass is 455 g/mol. The fourth-order valence-corrected chi connectivity index (χ4v) is 4.10. The average molecular weight is 455 g/mol. The largest absolute Gasteiger partial charge is 0.393 e. The van der Waals surface area contributed by atoms with E-state index in [2.05, 4.69) is 10.3 Å². The van der Waals surface area contributed by atoms with Crippen molar-refractivity contribution in [1.82, 2.24) is 10.3 Å². The number of nitrogens with zero attached hydrogens (tertiary/aromatic N) is 2. The van der Waals surface area contributed by atoms with Crippen molar-refractivity contribution in [2.45, 2.75) is 25.9 Å². The number of aliphatic hydroxyl groups excluding tert-OH is 1. The molecule has 0 saturated carbocycles. The number of hydrogen-bond donors (Lipinski definition) is 2. The maximum atomic E-state index is 13.8. The van der Waals surface area contributed by atoms with Crippen LogP contribution in [-0.2, 0) is 12.8 Å². The van der Waals surface area contributed by atoms with Gasteiger partial charge in [-0.05, 0) is 72.4 Å². The van der Waals surface area contributed by atoms with Crippen LogP contribution in [0.3, 0.4) is 0 Å². The van der Waals surface area contributed by atoms with Crippen molar-refractivity contribution in [3.8, 4) is 0 Å². The first-order valence-electron chi connectivity index (χ1n) is 10.7. The Labute approximate surface area is 189 Å². The highest BCUT2D eigenvalue weighted by atomic mass is 19.2. The van der Waals surface area contributed by atoms with Crippen LogP contribution in [0.4, 0.5) is 24.7 Å². The number of pyridine rings is 1. The van der Waals surface area contributed by atoms with Crippen LogP contribution in [0.1, 0.15) is 32.6 Å². The number of carbonyl (C=O) groups is 1. The van der Waals surface area contributed by atoms with Gasteiger partial charge in [-0.2, -0.15) is 0 Å². The van der Waals surface area contributed by atoms with E-state index in [0.717, 1.165) is 16.8 Å². The van der Waals surface area contributed by atoms with Gasteiger partial charge in [-0.1, -0.05) is 12.1 Å². The first-order chi connectivity index (χ1) is 15.9. The molecule has 0 bridgehead atoms. The molecule has 0 aliphatic carbocycles. The minimum atomic E-state index is -1.51. The molecular weight excluding hydrogens is 431 g/mol. The van der Waals surface area contributed by atoms with Crippen LogP contribution in [0, 0.1) is 18.6 Å². The SMILES string of the molecule is Cc1cc(Cc2ccnc(N3CCc4c(C(=O)NC[C@@H](F)CO)cccc43)c2)cc(F)c1F. The van der Waals surface area contributed by atoms with E-state index in [9.17, 15) is 18.0 Å². The zero-order valence-electron chi connectivity index (χ0n) is 18.1. The van der Waals surface area contributed by atoms with E-state index in [1.54, 1.807) is 24.4 Å². The molecule has 0 unspecified atom stereocenters. The average Bonchev–Trinajstić information content (AvgIpc) is 3.25. The molecule has 8 heteroatoms. The van der Waals surface area contributed by atoms with Gasteiger partial charge in [0, 0.05) is 24.0 Å². The van der Waals surface area contributed by atoms with Gasteiger partial charge in [0.15, 0.2) is 11.6 Å². The number of carbonyl (C=O) groups excluding carboxylic acids is 1. The molecule has 1 aromatic heterocycles. The van der Waals surface area contributed by atoms with Gasteiger partial charge in [0.25, 0.3) is 5.91 Å². The smallest absolute Gasteiger partial charge is 0.251 e. The lowest BCUT2D eigenvalue weighted by atomic mass is 10.0. The van der Waals surface area contributed by atoms with Gasteiger partial charge in [0.1, 0.15) is 12.0 Å². The minimum Gasteiger partial charge on any atom is -0.393 e. The summed E-state index contributed by atoms with van der Waals surface area (Å²) >= 11 is 0.